The van der Waals surface area contributed by atoms with E-state index in [1.54, 1.807) is 36.4 Å². The summed E-state index contributed by atoms with van der Waals surface area (Å²) in [5.41, 5.74) is 1.19. The number of para-hydroxylation sites is 1. The minimum atomic E-state index is -0.601. The first-order chi connectivity index (χ1) is 15.0. The Hall–Kier alpha value is -3.84. The molecule has 4 aromatic rings. The van der Waals surface area contributed by atoms with Crippen molar-refractivity contribution >= 4 is 45.8 Å². The van der Waals surface area contributed by atoms with Crippen molar-refractivity contribution < 1.29 is 23.1 Å². The molecule has 2 N–H and O–H groups in total. The van der Waals surface area contributed by atoms with Crippen LogP contribution >= 0.6 is 11.6 Å². The quantitative estimate of drug-likeness (QED) is 0.416. The van der Waals surface area contributed by atoms with E-state index in [-0.39, 0.29) is 17.0 Å². The minimum Gasteiger partial charge on any atom is -0.496 e. The van der Waals surface area contributed by atoms with Gasteiger partial charge >= 0.3 is 0 Å². The van der Waals surface area contributed by atoms with E-state index in [9.17, 15) is 14.0 Å². The van der Waals surface area contributed by atoms with E-state index in [0.717, 1.165) is 0 Å². The fourth-order valence-electron chi connectivity index (χ4n) is 3.09. The Morgan fingerprint density at radius 1 is 0.968 bits per heavy atom. The molecule has 1 aromatic heterocycles. The van der Waals surface area contributed by atoms with Crippen LogP contribution in [0.15, 0.2) is 71.1 Å². The van der Waals surface area contributed by atoms with E-state index < -0.39 is 17.6 Å². The minimum absolute atomic E-state index is 0.0973. The van der Waals surface area contributed by atoms with Crippen molar-refractivity contribution in [1.29, 1.82) is 0 Å². The second-order valence-electron chi connectivity index (χ2n) is 6.56. The molecule has 2 amide bonds. The Morgan fingerprint density at radius 2 is 1.71 bits per heavy atom. The van der Waals surface area contributed by atoms with Gasteiger partial charge < -0.3 is 19.8 Å². The summed E-state index contributed by atoms with van der Waals surface area (Å²) in [5.74, 6) is -1.32. The lowest BCUT2D eigenvalue weighted by Crippen LogP contribution is -2.17. The molecular weight excluding hydrogens is 423 g/mol. The van der Waals surface area contributed by atoms with Crippen molar-refractivity contribution in [3.8, 4) is 5.75 Å². The molecule has 0 fully saturated rings. The van der Waals surface area contributed by atoms with Crippen molar-refractivity contribution in [2.24, 2.45) is 0 Å². The number of halogens is 2. The predicted molar refractivity (Wildman–Crippen MR) is 117 cm³/mol. The summed E-state index contributed by atoms with van der Waals surface area (Å²) in [4.78, 5) is 25.9. The molecule has 0 aliphatic rings. The zero-order chi connectivity index (χ0) is 22.0. The van der Waals surface area contributed by atoms with E-state index in [1.165, 1.54) is 37.4 Å². The molecule has 0 saturated heterocycles. The van der Waals surface area contributed by atoms with Crippen LogP contribution in [0.2, 0.25) is 5.02 Å². The van der Waals surface area contributed by atoms with Crippen molar-refractivity contribution in [2.45, 2.75) is 0 Å². The highest BCUT2D eigenvalue weighted by molar-refractivity contribution is 6.31. The molecule has 0 bridgehead atoms. The number of fused-ring (bicyclic) bond motifs is 1. The molecule has 1 heterocycles. The maximum absolute atomic E-state index is 13.1. The van der Waals surface area contributed by atoms with Crippen LogP contribution in [0.5, 0.6) is 5.75 Å². The third kappa shape index (κ3) is 4.22. The van der Waals surface area contributed by atoms with Crippen LogP contribution in [0.3, 0.4) is 0 Å². The summed E-state index contributed by atoms with van der Waals surface area (Å²) >= 11 is 6.03. The summed E-state index contributed by atoms with van der Waals surface area (Å²) in [7, 11) is 1.44. The number of ether oxygens (including phenoxy) is 1. The number of amides is 2. The summed E-state index contributed by atoms with van der Waals surface area (Å²) in [6.45, 7) is 0. The number of furan rings is 1. The smallest absolute Gasteiger partial charge is 0.293 e. The Morgan fingerprint density at radius 3 is 2.45 bits per heavy atom. The zero-order valence-corrected chi connectivity index (χ0v) is 17.0. The Kier molecular flexibility index (Phi) is 5.60. The molecule has 0 unspecified atom stereocenters. The molecule has 0 aliphatic carbocycles. The fraction of sp³-hybridized carbons (Fsp3) is 0.0435. The molecule has 4 rings (SSSR count). The highest BCUT2D eigenvalue weighted by atomic mass is 35.5. The lowest BCUT2D eigenvalue weighted by Gasteiger charge is -2.10. The van der Waals surface area contributed by atoms with Gasteiger partial charge in [0.2, 0.25) is 5.76 Å². The van der Waals surface area contributed by atoms with E-state index in [1.807, 2.05) is 0 Å². The highest BCUT2D eigenvalue weighted by Crippen LogP contribution is 2.33. The highest BCUT2D eigenvalue weighted by Gasteiger charge is 2.24. The van der Waals surface area contributed by atoms with Gasteiger partial charge in [0, 0.05) is 16.1 Å². The number of hydrogen-bond donors (Lipinski definition) is 2. The summed E-state index contributed by atoms with van der Waals surface area (Å²) < 4.78 is 24.1. The molecule has 156 valence electrons. The van der Waals surface area contributed by atoms with Crippen LogP contribution in [0.1, 0.15) is 20.9 Å². The van der Waals surface area contributed by atoms with Crippen LogP contribution in [0.25, 0.3) is 11.0 Å². The van der Waals surface area contributed by atoms with E-state index in [4.69, 9.17) is 20.8 Å². The molecular formula is C23H16ClFN2O4. The average molecular weight is 439 g/mol. The normalized spacial score (nSPS) is 10.7. The SMILES string of the molecule is COc1ccc(Cl)cc1C(=O)Nc1c(C(=O)Nc2ccc(F)cc2)oc2ccccc12. The van der Waals surface area contributed by atoms with Crippen LogP contribution in [0, 0.1) is 5.82 Å². The fourth-order valence-corrected chi connectivity index (χ4v) is 3.26. The second kappa shape index (κ2) is 8.49. The molecule has 31 heavy (non-hydrogen) atoms. The van der Waals surface area contributed by atoms with E-state index in [2.05, 4.69) is 10.6 Å². The van der Waals surface area contributed by atoms with Gasteiger partial charge in [-0.15, -0.1) is 0 Å². The van der Waals surface area contributed by atoms with Crippen molar-refractivity contribution in [3.63, 3.8) is 0 Å². The van der Waals surface area contributed by atoms with Crippen molar-refractivity contribution in [1.82, 2.24) is 0 Å². The zero-order valence-electron chi connectivity index (χ0n) is 16.2. The van der Waals surface area contributed by atoms with Crippen LogP contribution in [-0.2, 0) is 0 Å². The van der Waals surface area contributed by atoms with Gasteiger partial charge in [0.1, 0.15) is 22.8 Å². The standard InChI is InChI=1S/C23H16ClFN2O4/c1-30-18-11-6-13(24)12-17(18)22(28)27-20-16-4-2-3-5-19(16)31-21(20)23(29)26-15-9-7-14(25)8-10-15/h2-12H,1H3,(H,26,29)(H,27,28). The number of benzene rings is 3. The van der Waals surface area contributed by atoms with Crippen LogP contribution < -0.4 is 15.4 Å². The largest absolute Gasteiger partial charge is 0.496 e. The number of carbonyl (C=O) groups is 2. The third-order valence-corrected chi connectivity index (χ3v) is 4.78. The lowest BCUT2D eigenvalue weighted by molar-refractivity contribution is 0.0999. The Labute approximate surface area is 181 Å². The van der Waals surface area contributed by atoms with Crippen LogP contribution in [0.4, 0.5) is 15.8 Å². The third-order valence-electron chi connectivity index (χ3n) is 4.55. The van der Waals surface area contributed by atoms with Gasteiger partial charge in [-0.05, 0) is 54.6 Å². The van der Waals surface area contributed by atoms with Crippen molar-refractivity contribution in [3.05, 3.63) is 88.9 Å². The summed E-state index contributed by atoms with van der Waals surface area (Å²) in [6.07, 6.45) is 0. The molecule has 0 radical (unpaired) electrons. The number of rotatable bonds is 5. The Balaban J connectivity index is 1.71. The molecule has 8 heteroatoms. The molecule has 0 saturated carbocycles. The number of anilines is 2. The summed E-state index contributed by atoms with van der Waals surface area (Å²) in [6, 6.07) is 16.8. The first-order valence-corrected chi connectivity index (χ1v) is 9.57. The van der Waals surface area contributed by atoms with E-state index >= 15 is 0 Å². The van der Waals surface area contributed by atoms with Gasteiger partial charge in [-0.1, -0.05) is 23.7 Å². The molecule has 0 spiro atoms. The molecule has 6 nitrogen and oxygen atoms in total. The topological polar surface area (TPSA) is 80.6 Å². The van der Waals surface area contributed by atoms with E-state index in [0.29, 0.717) is 27.4 Å². The average Bonchev–Trinajstić information content (AvgIpc) is 3.14. The summed E-state index contributed by atoms with van der Waals surface area (Å²) in [5, 5.41) is 6.27. The second-order valence-corrected chi connectivity index (χ2v) is 7.00. The maximum Gasteiger partial charge on any atom is 0.293 e. The maximum atomic E-state index is 13.1. The molecule has 0 atom stereocenters. The number of nitrogens with one attached hydrogen (secondary N) is 2. The first-order valence-electron chi connectivity index (χ1n) is 9.19. The monoisotopic (exact) mass is 438 g/mol. The van der Waals surface area contributed by atoms with Gasteiger partial charge in [0.15, 0.2) is 0 Å². The van der Waals surface area contributed by atoms with Gasteiger partial charge in [-0.2, -0.15) is 0 Å². The van der Waals surface area contributed by atoms with Crippen LogP contribution in [-0.4, -0.2) is 18.9 Å². The predicted octanol–water partition coefficient (Wildman–Crippen LogP) is 5.74. The molecule has 3 aromatic carbocycles. The molecule has 0 aliphatic heterocycles. The number of methoxy groups -OCH3 is 1. The van der Waals surface area contributed by atoms with Gasteiger partial charge in [0.25, 0.3) is 11.8 Å². The number of carbonyl (C=O) groups excluding carboxylic acids is 2. The van der Waals surface area contributed by atoms with Gasteiger partial charge in [-0.25, -0.2) is 4.39 Å². The first kappa shape index (κ1) is 20.4. The Bertz CT molecular complexity index is 1280. The van der Waals surface area contributed by atoms with Gasteiger partial charge in [-0.3, -0.25) is 9.59 Å². The van der Waals surface area contributed by atoms with Gasteiger partial charge in [0.05, 0.1) is 12.7 Å². The lowest BCUT2D eigenvalue weighted by atomic mass is 10.1. The van der Waals surface area contributed by atoms with Crippen molar-refractivity contribution in [2.75, 3.05) is 17.7 Å². The number of hydrogen-bond acceptors (Lipinski definition) is 4.